The summed E-state index contributed by atoms with van der Waals surface area (Å²) in [5, 5.41) is 15.1. The first-order valence-electron chi connectivity index (χ1n) is 11.9. The normalized spacial score (nSPS) is 19.1. The highest BCUT2D eigenvalue weighted by Gasteiger charge is 2.41. The lowest BCUT2D eigenvalue weighted by Crippen LogP contribution is -2.25. The molecule has 0 saturated heterocycles. The van der Waals surface area contributed by atoms with Crippen molar-refractivity contribution in [2.24, 2.45) is 12.8 Å². The van der Waals surface area contributed by atoms with Crippen molar-refractivity contribution in [2.45, 2.75) is 43.7 Å². The van der Waals surface area contributed by atoms with E-state index in [0.29, 0.717) is 18.0 Å². The van der Waals surface area contributed by atoms with E-state index in [4.69, 9.17) is 10.7 Å². The lowest BCUT2D eigenvalue weighted by atomic mass is 9.75. The van der Waals surface area contributed by atoms with E-state index in [1.807, 2.05) is 25.2 Å². The Hall–Kier alpha value is -4.29. The van der Waals surface area contributed by atoms with E-state index >= 15 is 0 Å². The Morgan fingerprint density at radius 2 is 2.00 bits per heavy atom. The fraction of sp³-hybridized carbons (Fsp3) is 0.296. The molecule has 9 heteroatoms. The van der Waals surface area contributed by atoms with Crippen LogP contribution in [0.2, 0.25) is 0 Å². The van der Waals surface area contributed by atoms with Crippen LogP contribution in [0.5, 0.6) is 0 Å². The zero-order valence-corrected chi connectivity index (χ0v) is 20.0. The number of amides is 1. The molecule has 1 saturated carbocycles. The molecule has 0 spiro atoms. The molecule has 1 unspecified atom stereocenters. The van der Waals surface area contributed by atoms with Gasteiger partial charge >= 0.3 is 0 Å². The number of hydrogen-bond acceptors (Lipinski definition) is 6. The van der Waals surface area contributed by atoms with E-state index in [0.717, 1.165) is 41.2 Å². The van der Waals surface area contributed by atoms with Crippen molar-refractivity contribution in [1.29, 1.82) is 0 Å². The van der Waals surface area contributed by atoms with E-state index in [9.17, 15) is 9.90 Å². The molecule has 0 radical (unpaired) electrons. The number of hydrogen-bond donors (Lipinski definition) is 2. The number of primary amides is 1. The number of aryl methyl sites for hydroxylation is 1. The number of aromatic nitrogens is 6. The van der Waals surface area contributed by atoms with Crippen LogP contribution in [-0.2, 0) is 19.1 Å². The quantitative estimate of drug-likeness (QED) is 0.433. The minimum Gasteiger partial charge on any atom is -0.371 e. The van der Waals surface area contributed by atoms with Crippen molar-refractivity contribution in [3.8, 4) is 23.2 Å². The Morgan fingerprint density at radius 1 is 1.22 bits per heavy atom. The standard InChI is InChI=1S/C27H25N7O2/c1-27(36,26-29-9-3-10-30-26)8-6-16-4-5-20-17-13-19(14-17)34-22(15-18-7-11-31-33(18)2)23(24(28)35)32-25(34)21(20)12-16/h3-5,7,9-12,17,19,36H,13-15H2,1-2H3,(H2,28,35). The first-order valence-corrected chi connectivity index (χ1v) is 11.9. The van der Waals surface area contributed by atoms with Gasteiger partial charge in [-0.15, -0.1) is 0 Å². The van der Waals surface area contributed by atoms with Gasteiger partial charge < -0.3 is 15.4 Å². The van der Waals surface area contributed by atoms with Crippen LogP contribution in [0.4, 0.5) is 0 Å². The zero-order valence-electron chi connectivity index (χ0n) is 20.0. The molecule has 1 atom stereocenters. The molecule has 3 aromatic heterocycles. The van der Waals surface area contributed by atoms with E-state index < -0.39 is 11.5 Å². The van der Waals surface area contributed by atoms with Crippen LogP contribution in [0, 0.1) is 11.8 Å². The van der Waals surface area contributed by atoms with Crippen LogP contribution in [0.25, 0.3) is 11.4 Å². The summed E-state index contributed by atoms with van der Waals surface area (Å²) < 4.78 is 4.00. The van der Waals surface area contributed by atoms with E-state index in [-0.39, 0.29) is 11.9 Å². The number of rotatable bonds is 4. The molecular weight excluding hydrogens is 454 g/mol. The predicted molar refractivity (Wildman–Crippen MR) is 132 cm³/mol. The number of imidazole rings is 1. The van der Waals surface area contributed by atoms with Gasteiger partial charge in [0, 0.05) is 54.9 Å². The van der Waals surface area contributed by atoms with Gasteiger partial charge in [0.05, 0.1) is 5.69 Å². The molecule has 1 aliphatic carbocycles. The van der Waals surface area contributed by atoms with Crippen LogP contribution < -0.4 is 5.73 Å². The van der Waals surface area contributed by atoms with Crippen LogP contribution in [0.3, 0.4) is 0 Å². The maximum absolute atomic E-state index is 12.4. The monoisotopic (exact) mass is 479 g/mol. The Morgan fingerprint density at radius 3 is 2.69 bits per heavy atom. The van der Waals surface area contributed by atoms with Gasteiger partial charge in [0.15, 0.2) is 11.4 Å². The average Bonchev–Trinajstić information content (AvgIpc) is 3.35. The molecule has 9 nitrogen and oxygen atoms in total. The second kappa shape index (κ2) is 8.14. The number of carbonyl (C=O) groups is 1. The summed E-state index contributed by atoms with van der Waals surface area (Å²) >= 11 is 0. The minimum absolute atomic E-state index is 0.245. The largest absolute Gasteiger partial charge is 0.371 e. The summed E-state index contributed by atoms with van der Waals surface area (Å²) in [6.45, 7) is 1.57. The Kier molecular flexibility index (Phi) is 5.02. The summed E-state index contributed by atoms with van der Waals surface area (Å²) in [5.74, 6) is 6.85. The maximum Gasteiger partial charge on any atom is 0.269 e. The summed E-state index contributed by atoms with van der Waals surface area (Å²) in [7, 11) is 1.88. The van der Waals surface area contributed by atoms with Crippen LogP contribution in [0.15, 0.2) is 48.9 Å². The Balaban J connectivity index is 1.46. The Labute approximate surface area is 208 Å². The van der Waals surface area contributed by atoms with Crippen molar-refractivity contribution >= 4 is 5.91 Å². The SMILES string of the molecule is Cn1nccc1Cc1c(C(N)=O)nc2n1C1CC(C1)c1ccc(C#CC(C)(O)c3ncccn3)cc1-2. The second-order valence-corrected chi connectivity index (χ2v) is 9.61. The molecule has 2 bridgehead atoms. The fourth-order valence-corrected chi connectivity index (χ4v) is 5.20. The Bertz CT molecular complexity index is 1550. The molecule has 1 aromatic carbocycles. The lowest BCUT2D eigenvalue weighted by Gasteiger charge is -2.35. The van der Waals surface area contributed by atoms with Crippen LogP contribution in [0.1, 0.15) is 70.6 Å². The van der Waals surface area contributed by atoms with Crippen molar-refractivity contribution in [3.05, 3.63) is 83.0 Å². The maximum atomic E-state index is 12.4. The molecule has 4 aromatic rings. The highest BCUT2D eigenvalue weighted by Crippen LogP contribution is 2.53. The third-order valence-electron chi connectivity index (χ3n) is 7.18. The first-order chi connectivity index (χ1) is 17.3. The van der Waals surface area contributed by atoms with E-state index in [2.05, 4.69) is 37.5 Å². The summed E-state index contributed by atoms with van der Waals surface area (Å²) in [6.07, 6.45) is 7.38. The highest BCUT2D eigenvalue weighted by molar-refractivity contribution is 5.93. The van der Waals surface area contributed by atoms with Gasteiger partial charge in [0.25, 0.3) is 5.91 Å². The molecule has 180 valence electrons. The topological polar surface area (TPSA) is 125 Å². The molecule has 1 fully saturated rings. The van der Waals surface area contributed by atoms with Gasteiger partial charge in [-0.2, -0.15) is 5.10 Å². The number of nitrogens with two attached hydrogens (primary N) is 1. The molecule has 7 rings (SSSR count). The molecule has 5 heterocycles. The van der Waals surface area contributed by atoms with Gasteiger partial charge in [0.2, 0.25) is 0 Å². The molecule has 3 aliphatic rings. The van der Waals surface area contributed by atoms with Gasteiger partial charge in [-0.05, 0) is 55.5 Å². The van der Waals surface area contributed by atoms with Gasteiger partial charge in [-0.25, -0.2) is 15.0 Å². The minimum atomic E-state index is -1.50. The van der Waals surface area contributed by atoms with Crippen molar-refractivity contribution in [3.63, 3.8) is 0 Å². The highest BCUT2D eigenvalue weighted by atomic mass is 16.3. The first kappa shape index (κ1) is 22.2. The van der Waals surface area contributed by atoms with E-state index in [1.165, 1.54) is 5.56 Å². The third kappa shape index (κ3) is 3.58. The predicted octanol–water partition coefficient (Wildman–Crippen LogP) is 2.45. The molecule has 36 heavy (non-hydrogen) atoms. The molecule has 3 N–H and O–H groups in total. The smallest absolute Gasteiger partial charge is 0.269 e. The van der Waals surface area contributed by atoms with Gasteiger partial charge in [-0.1, -0.05) is 17.9 Å². The van der Waals surface area contributed by atoms with Gasteiger partial charge in [-0.3, -0.25) is 9.48 Å². The van der Waals surface area contributed by atoms with Crippen molar-refractivity contribution in [1.82, 2.24) is 29.3 Å². The lowest BCUT2D eigenvalue weighted by molar-refractivity contribution is 0.0994. The van der Waals surface area contributed by atoms with E-state index in [1.54, 1.807) is 36.3 Å². The van der Waals surface area contributed by atoms with Crippen LogP contribution >= 0.6 is 0 Å². The molecule has 1 amide bonds. The van der Waals surface area contributed by atoms with Crippen molar-refractivity contribution < 1.29 is 9.90 Å². The van der Waals surface area contributed by atoms with Crippen molar-refractivity contribution in [2.75, 3.05) is 0 Å². The third-order valence-corrected chi connectivity index (χ3v) is 7.18. The second-order valence-electron chi connectivity index (χ2n) is 9.61. The number of aliphatic hydroxyl groups is 1. The fourth-order valence-electron chi connectivity index (χ4n) is 5.20. The number of nitrogens with zero attached hydrogens (tertiary/aromatic N) is 6. The molecular formula is C27H25N7O2. The van der Waals surface area contributed by atoms with Crippen LogP contribution in [-0.4, -0.2) is 40.3 Å². The zero-order chi connectivity index (χ0) is 25.0. The molecule has 2 aliphatic heterocycles. The number of benzene rings is 1. The summed E-state index contributed by atoms with van der Waals surface area (Å²) in [4.78, 5) is 25.5. The number of carbonyl (C=O) groups excluding carboxylic acids is 1. The van der Waals surface area contributed by atoms with Gasteiger partial charge in [0.1, 0.15) is 11.5 Å². The average molecular weight is 480 g/mol. The summed E-state index contributed by atoms with van der Waals surface area (Å²) in [5.41, 5.74) is 9.26. The summed E-state index contributed by atoms with van der Waals surface area (Å²) in [6, 6.07) is 9.92.